The van der Waals surface area contributed by atoms with Gasteiger partial charge in [-0.05, 0) is 17.5 Å². The smallest absolute Gasteiger partial charge is 0.410 e. The second kappa shape index (κ2) is 8.02. The second-order valence-corrected chi connectivity index (χ2v) is 7.88. The first-order chi connectivity index (χ1) is 14.4. The molecule has 0 aliphatic carbocycles. The van der Waals surface area contributed by atoms with E-state index in [0.717, 1.165) is 9.56 Å². The largest absolute Gasteiger partial charge is 0.496 e. The molecule has 3 heterocycles. The molecular weight excluding hydrogens is 417 g/mol. The van der Waals surface area contributed by atoms with Gasteiger partial charge in [-0.3, -0.25) is 4.79 Å². The number of hydrogen-bond donors (Lipinski definition) is 2. The molecule has 158 valence electrons. The van der Waals surface area contributed by atoms with Gasteiger partial charge in [-0.15, -0.1) is 11.3 Å². The molecule has 0 fully saturated rings. The lowest BCUT2D eigenvalue weighted by molar-refractivity contribution is -0.173. The number of benzene rings is 1. The van der Waals surface area contributed by atoms with Crippen LogP contribution in [0, 0.1) is 0 Å². The number of alkyl halides is 3. The molecule has 0 spiro atoms. The summed E-state index contributed by atoms with van der Waals surface area (Å²) in [6.07, 6.45) is -3.61. The van der Waals surface area contributed by atoms with Gasteiger partial charge in [0.05, 0.1) is 25.9 Å². The zero-order valence-corrected chi connectivity index (χ0v) is 16.8. The van der Waals surface area contributed by atoms with Crippen molar-refractivity contribution in [1.82, 2.24) is 15.1 Å². The SMILES string of the molecule is COc1ccccc1[C@H]1C[C@H](C(F)(F)F)n2ncc(C(=O)NCc3cccs3)c2N1. The molecule has 0 unspecified atom stereocenters. The van der Waals surface area contributed by atoms with Crippen LogP contribution >= 0.6 is 11.3 Å². The lowest BCUT2D eigenvalue weighted by atomic mass is 9.95. The first kappa shape index (κ1) is 20.3. The summed E-state index contributed by atoms with van der Waals surface area (Å²) >= 11 is 1.48. The number of amides is 1. The summed E-state index contributed by atoms with van der Waals surface area (Å²) in [5.41, 5.74) is 0.659. The summed E-state index contributed by atoms with van der Waals surface area (Å²) in [4.78, 5) is 13.6. The number of halogens is 3. The topological polar surface area (TPSA) is 68.2 Å². The van der Waals surface area contributed by atoms with Crippen LogP contribution < -0.4 is 15.4 Å². The highest BCUT2D eigenvalue weighted by Gasteiger charge is 2.47. The van der Waals surface area contributed by atoms with Gasteiger partial charge in [0.1, 0.15) is 17.1 Å². The third kappa shape index (κ3) is 3.87. The number of aromatic nitrogens is 2. The molecule has 3 aromatic rings. The molecular formula is C20H19F3N4O2S. The highest BCUT2D eigenvalue weighted by Crippen LogP contribution is 2.45. The predicted octanol–water partition coefficient (Wildman–Crippen LogP) is 4.54. The number of para-hydroxylation sites is 1. The van der Waals surface area contributed by atoms with E-state index in [2.05, 4.69) is 15.7 Å². The molecule has 0 saturated heterocycles. The Kier molecular flexibility index (Phi) is 5.42. The van der Waals surface area contributed by atoms with Gasteiger partial charge >= 0.3 is 6.18 Å². The zero-order valence-electron chi connectivity index (χ0n) is 15.9. The molecule has 0 radical (unpaired) electrons. The summed E-state index contributed by atoms with van der Waals surface area (Å²) < 4.78 is 47.6. The van der Waals surface area contributed by atoms with Crippen molar-refractivity contribution in [2.45, 2.75) is 31.2 Å². The fourth-order valence-electron chi connectivity index (χ4n) is 3.56. The average Bonchev–Trinajstić information content (AvgIpc) is 3.40. The van der Waals surface area contributed by atoms with Crippen LogP contribution in [0.2, 0.25) is 0 Å². The van der Waals surface area contributed by atoms with Gasteiger partial charge in [-0.25, -0.2) is 4.68 Å². The van der Waals surface area contributed by atoms with Crippen LogP contribution in [0.15, 0.2) is 48.0 Å². The lowest BCUT2D eigenvalue weighted by Crippen LogP contribution is -2.36. The summed E-state index contributed by atoms with van der Waals surface area (Å²) in [7, 11) is 1.47. The van der Waals surface area contributed by atoms with Crippen LogP contribution in [0.4, 0.5) is 19.0 Å². The van der Waals surface area contributed by atoms with Gasteiger partial charge in [0.15, 0.2) is 6.04 Å². The van der Waals surface area contributed by atoms with Crippen LogP contribution in [-0.2, 0) is 6.54 Å². The number of carbonyl (C=O) groups is 1. The van der Waals surface area contributed by atoms with Gasteiger partial charge in [0.2, 0.25) is 0 Å². The number of nitrogens with zero attached hydrogens (tertiary/aromatic N) is 2. The number of thiophene rings is 1. The van der Waals surface area contributed by atoms with Crippen LogP contribution in [0.5, 0.6) is 5.75 Å². The number of fused-ring (bicyclic) bond motifs is 1. The van der Waals surface area contributed by atoms with E-state index in [-0.39, 0.29) is 17.8 Å². The molecule has 2 atom stereocenters. The summed E-state index contributed by atoms with van der Waals surface area (Å²) in [5.74, 6) is 0.0366. The van der Waals surface area contributed by atoms with E-state index in [9.17, 15) is 18.0 Å². The predicted molar refractivity (Wildman–Crippen MR) is 107 cm³/mol. The van der Waals surface area contributed by atoms with E-state index >= 15 is 0 Å². The number of carbonyl (C=O) groups excluding carboxylic acids is 1. The van der Waals surface area contributed by atoms with Gasteiger partial charge in [-0.2, -0.15) is 18.3 Å². The Morgan fingerprint density at radius 2 is 2.13 bits per heavy atom. The van der Waals surface area contributed by atoms with E-state index < -0.39 is 24.2 Å². The fourth-order valence-corrected chi connectivity index (χ4v) is 4.21. The summed E-state index contributed by atoms with van der Waals surface area (Å²) in [6, 6.07) is 8.08. The first-order valence-corrected chi connectivity index (χ1v) is 10.1. The van der Waals surface area contributed by atoms with Crippen molar-refractivity contribution in [2.75, 3.05) is 12.4 Å². The minimum atomic E-state index is -4.52. The van der Waals surface area contributed by atoms with Gasteiger partial charge in [0, 0.05) is 16.9 Å². The molecule has 30 heavy (non-hydrogen) atoms. The molecule has 4 rings (SSSR count). The van der Waals surface area contributed by atoms with Crippen molar-refractivity contribution in [2.24, 2.45) is 0 Å². The van der Waals surface area contributed by atoms with Crippen molar-refractivity contribution >= 4 is 23.1 Å². The van der Waals surface area contributed by atoms with Crippen molar-refractivity contribution in [3.63, 3.8) is 0 Å². The number of methoxy groups -OCH3 is 1. The Morgan fingerprint density at radius 3 is 2.83 bits per heavy atom. The van der Waals surface area contributed by atoms with Gasteiger partial charge < -0.3 is 15.4 Å². The molecule has 0 saturated carbocycles. The van der Waals surface area contributed by atoms with Crippen LogP contribution in [0.1, 0.15) is 39.3 Å². The highest BCUT2D eigenvalue weighted by atomic mass is 32.1. The number of rotatable bonds is 5. The van der Waals surface area contributed by atoms with Crippen LogP contribution in [-0.4, -0.2) is 29.0 Å². The molecule has 1 aromatic carbocycles. The molecule has 6 nitrogen and oxygen atoms in total. The van der Waals surface area contributed by atoms with E-state index in [4.69, 9.17) is 4.74 Å². The molecule has 1 aliphatic rings. The fraction of sp³-hybridized carbons (Fsp3) is 0.300. The van der Waals surface area contributed by atoms with Gasteiger partial charge in [0.25, 0.3) is 5.91 Å². The highest BCUT2D eigenvalue weighted by molar-refractivity contribution is 7.09. The maximum Gasteiger partial charge on any atom is 0.410 e. The number of nitrogens with one attached hydrogen (secondary N) is 2. The quantitative estimate of drug-likeness (QED) is 0.616. The molecule has 10 heteroatoms. The van der Waals surface area contributed by atoms with E-state index in [1.54, 1.807) is 24.3 Å². The second-order valence-electron chi connectivity index (χ2n) is 6.85. The maximum atomic E-state index is 13.8. The molecule has 0 bridgehead atoms. The van der Waals surface area contributed by atoms with E-state index in [1.807, 2.05) is 17.5 Å². The third-order valence-corrected chi connectivity index (χ3v) is 5.88. The van der Waals surface area contributed by atoms with E-state index in [1.165, 1.54) is 24.6 Å². The van der Waals surface area contributed by atoms with Crippen molar-refractivity contribution in [1.29, 1.82) is 0 Å². The van der Waals surface area contributed by atoms with E-state index in [0.29, 0.717) is 17.9 Å². The molecule has 1 aliphatic heterocycles. The molecule has 2 aromatic heterocycles. The average molecular weight is 436 g/mol. The van der Waals surface area contributed by atoms with Crippen molar-refractivity contribution < 1.29 is 22.7 Å². The monoisotopic (exact) mass is 436 g/mol. The summed E-state index contributed by atoms with van der Waals surface area (Å²) in [5, 5.41) is 11.6. The maximum absolute atomic E-state index is 13.8. The van der Waals surface area contributed by atoms with Crippen molar-refractivity contribution in [3.8, 4) is 5.75 Å². The number of hydrogen-bond acceptors (Lipinski definition) is 5. The normalized spacial score (nSPS) is 18.4. The zero-order chi connectivity index (χ0) is 21.3. The van der Waals surface area contributed by atoms with Crippen LogP contribution in [0.25, 0.3) is 0 Å². The third-order valence-electron chi connectivity index (χ3n) is 5.00. The Hall–Kier alpha value is -3.01. The Balaban J connectivity index is 1.67. The minimum absolute atomic E-state index is 0.0446. The number of anilines is 1. The molecule has 2 N–H and O–H groups in total. The van der Waals surface area contributed by atoms with Crippen molar-refractivity contribution in [3.05, 3.63) is 64.0 Å². The minimum Gasteiger partial charge on any atom is -0.496 e. The first-order valence-electron chi connectivity index (χ1n) is 9.22. The summed E-state index contributed by atoms with van der Waals surface area (Å²) in [6.45, 7) is 0.291. The van der Waals surface area contributed by atoms with Crippen LogP contribution in [0.3, 0.4) is 0 Å². The van der Waals surface area contributed by atoms with Gasteiger partial charge in [-0.1, -0.05) is 24.3 Å². The molecule has 1 amide bonds. The standard InChI is InChI=1S/C20H19F3N4O2S/c1-29-16-7-3-2-6-13(16)15-9-17(20(21,22)23)27-18(26-15)14(11-25-27)19(28)24-10-12-5-4-8-30-12/h2-8,11,15,17,26H,9-10H2,1H3,(H,24,28)/t15-,17-/m1/s1. The Labute approximate surface area is 174 Å². The Morgan fingerprint density at radius 1 is 1.33 bits per heavy atom. The Bertz CT molecular complexity index is 1030. The lowest BCUT2D eigenvalue weighted by Gasteiger charge is -2.34. The number of ether oxygens (including phenoxy) is 1.